The quantitative estimate of drug-likeness (QED) is 0.536. The lowest BCUT2D eigenvalue weighted by Crippen LogP contribution is -2.17. The van der Waals surface area contributed by atoms with Crippen LogP contribution in [0.3, 0.4) is 0 Å². The summed E-state index contributed by atoms with van der Waals surface area (Å²) in [7, 11) is 0. The normalized spacial score (nSPS) is 10.0. The van der Waals surface area contributed by atoms with Gasteiger partial charge in [-0.15, -0.1) is 6.42 Å². The number of nitrogens with two attached hydrogens (primary N) is 1. The van der Waals surface area contributed by atoms with E-state index in [0.717, 1.165) is 35.2 Å². The molecule has 0 heterocycles. The Balaban J connectivity index is 2.40. The lowest BCUT2D eigenvalue weighted by atomic mass is 10.2. The fourth-order valence-corrected chi connectivity index (χ4v) is 2.13. The van der Waals surface area contributed by atoms with Crippen molar-refractivity contribution in [1.82, 2.24) is 5.32 Å². The van der Waals surface area contributed by atoms with Crippen LogP contribution in [0, 0.1) is 12.3 Å². The first-order valence-electron chi connectivity index (χ1n) is 6.47. The molecule has 0 aliphatic carbocycles. The lowest BCUT2D eigenvalue weighted by molar-refractivity contribution is -0.118. The van der Waals surface area contributed by atoms with Crippen molar-refractivity contribution < 1.29 is 9.53 Å². The van der Waals surface area contributed by atoms with Crippen LogP contribution in [0.5, 0.6) is 5.75 Å². The molecule has 1 aromatic carbocycles. The number of halogens is 1. The molecule has 1 aromatic rings. The number of carbonyl (C=O) groups excluding carboxylic acids is 1. The van der Waals surface area contributed by atoms with Crippen LogP contribution in [-0.2, 0) is 11.3 Å². The van der Waals surface area contributed by atoms with Gasteiger partial charge in [-0.2, -0.15) is 0 Å². The van der Waals surface area contributed by atoms with E-state index in [4.69, 9.17) is 16.9 Å². The van der Waals surface area contributed by atoms with Gasteiger partial charge < -0.3 is 15.8 Å². The molecule has 108 valence electrons. The molecular weight excluding hydrogens is 320 g/mol. The monoisotopic (exact) mass is 338 g/mol. The largest absolute Gasteiger partial charge is 0.481 e. The second-order valence-corrected chi connectivity index (χ2v) is 5.26. The van der Waals surface area contributed by atoms with E-state index >= 15 is 0 Å². The lowest BCUT2D eigenvalue weighted by Gasteiger charge is -2.11. The average Bonchev–Trinajstić information content (AvgIpc) is 2.41. The molecule has 0 fully saturated rings. The Kier molecular flexibility index (Phi) is 7.78. The third-order valence-corrected chi connectivity index (χ3v) is 3.17. The van der Waals surface area contributed by atoms with Crippen LogP contribution in [0.4, 0.5) is 0 Å². The zero-order chi connectivity index (χ0) is 14.8. The van der Waals surface area contributed by atoms with Crippen molar-refractivity contribution in [3.05, 3.63) is 28.2 Å². The van der Waals surface area contributed by atoms with Crippen LogP contribution in [0.15, 0.2) is 22.7 Å². The smallest absolute Gasteiger partial charge is 0.217 e. The minimum absolute atomic E-state index is 0.248. The molecule has 0 unspecified atom stereocenters. The molecule has 5 heteroatoms. The molecule has 0 saturated carbocycles. The summed E-state index contributed by atoms with van der Waals surface area (Å²) in [6, 6.07) is 5.82. The Morgan fingerprint density at radius 2 is 2.25 bits per heavy atom. The predicted molar refractivity (Wildman–Crippen MR) is 83.2 cm³/mol. The maximum Gasteiger partial charge on any atom is 0.217 e. The van der Waals surface area contributed by atoms with Crippen molar-refractivity contribution in [2.24, 2.45) is 5.73 Å². The predicted octanol–water partition coefficient (Wildman–Crippen LogP) is 2.21. The van der Waals surface area contributed by atoms with Gasteiger partial charge in [0.25, 0.3) is 0 Å². The number of amides is 1. The molecule has 1 rings (SSSR count). The van der Waals surface area contributed by atoms with Gasteiger partial charge in [-0.1, -0.05) is 21.9 Å². The fraction of sp³-hybridized carbons (Fsp3) is 0.400. The number of primary amides is 1. The van der Waals surface area contributed by atoms with Crippen molar-refractivity contribution in [3.63, 3.8) is 0 Å². The summed E-state index contributed by atoms with van der Waals surface area (Å²) < 4.78 is 6.49. The Labute approximate surface area is 128 Å². The number of hydrogen-bond acceptors (Lipinski definition) is 3. The Morgan fingerprint density at radius 1 is 1.45 bits per heavy atom. The van der Waals surface area contributed by atoms with E-state index in [2.05, 4.69) is 27.2 Å². The summed E-state index contributed by atoms with van der Waals surface area (Å²) >= 11 is 3.44. The molecule has 0 radical (unpaired) electrons. The van der Waals surface area contributed by atoms with Crippen molar-refractivity contribution in [2.75, 3.05) is 13.2 Å². The van der Waals surface area contributed by atoms with Gasteiger partial charge in [0.1, 0.15) is 12.4 Å². The molecule has 20 heavy (non-hydrogen) atoms. The third kappa shape index (κ3) is 6.60. The van der Waals surface area contributed by atoms with Crippen LogP contribution >= 0.6 is 15.9 Å². The molecule has 1 amide bonds. The number of ether oxygens (including phenoxy) is 1. The highest BCUT2D eigenvalue weighted by Gasteiger charge is 2.04. The molecule has 0 atom stereocenters. The summed E-state index contributed by atoms with van der Waals surface area (Å²) in [5.74, 6) is 2.99. The molecule has 0 aromatic heterocycles. The maximum atomic E-state index is 10.6. The number of rotatable bonds is 9. The number of carbonyl (C=O) groups is 1. The van der Waals surface area contributed by atoms with Crippen molar-refractivity contribution in [3.8, 4) is 18.1 Å². The molecular formula is C15H19BrN2O2. The minimum atomic E-state index is -0.248. The van der Waals surface area contributed by atoms with Gasteiger partial charge in [-0.05, 0) is 37.6 Å². The van der Waals surface area contributed by atoms with Crippen molar-refractivity contribution >= 4 is 21.8 Å². The highest BCUT2D eigenvalue weighted by atomic mass is 79.9. The first-order valence-corrected chi connectivity index (χ1v) is 7.26. The molecule has 3 N–H and O–H groups in total. The third-order valence-electron chi connectivity index (χ3n) is 2.68. The van der Waals surface area contributed by atoms with E-state index in [0.29, 0.717) is 13.0 Å². The van der Waals surface area contributed by atoms with E-state index in [9.17, 15) is 4.79 Å². The number of terminal acetylenes is 1. The number of nitrogens with one attached hydrogen (secondary N) is 1. The van der Waals surface area contributed by atoms with Gasteiger partial charge in [-0.25, -0.2) is 0 Å². The molecule has 0 saturated heterocycles. The Bertz CT molecular complexity index is 483. The molecule has 4 nitrogen and oxygen atoms in total. The van der Waals surface area contributed by atoms with E-state index in [1.54, 1.807) is 0 Å². The van der Waals surface area contributed by atoms with Gasteiger partial charge in [-0.3, -0.25) is 4.79 Å². The van der Waals surface area contributed by atoms with Gasteiger partial charge >= 0.3 is 0 Å². The Hall–Kier alpha value is -1.51. The van der Waals surface area contributed by atoms with Gasteiger partial charge in [0.15, 0.2) is 0 Å². The van der Waals surface area contributed by atoms with Crippen LogP contribution < -0.4 is 15.8 Å². The Morgan fingerprint density at radius 3 is 2.95 bits per heavy atom. The summed E-state index contributed by atoms with van der Waals surface area (Å²) in [5, 5.41) is 3.31. The molecule has 0 bridgehead atoms. The maximum absolute atomic E-state index is 10.6. The van der Waals surface area contributed by atoms with E-state index in [-0.39, 0.29) is 12.5 Å². The second-order valence-electron chi connectivity index (χ2n) is 4.35. The molecule has 0 aliphatic rings. The number of unbranched alkanes of at least 4 members (excludes halogenated alkanes) is 1. The van der Waals surface area contributed by atoms with Crippen LogP contribution in [0.1, 0.15) is 24.8 Å². The average molecular weight is 339 g/mol. The van der Waals surface area contributed by atoms with Crippen LogP contribution in [-0.4, -0.2) is 19.1 Å². The SMILES string of the molecule is C#CCOc1ccc(Br)cc1CNCCCCC(N)=O. The van der Waals surface area contributed by atoms with Crippen molar-refractivity contribution in [2.45, 2.75) is 25.8 Å². The first kappa shape index (κ1) is 16.5. The van der Waals surface area contributed by atoms with Gasteiger partial charge in [0.2, 0.25) is 5.91 Å². The number of benzene rings is 1. The highest BCUT2D eigenvalue weighted by molar-refractivity contribution is 9.10. The van der Waals surface area contributed by atoms with Gasteiger partial charge in [0, 0.05) is 23.0 Å². The summed E-state index contributed by atoms with van der Waals surface area (Å²) in [6.07, 6.45) is 7.36. The molecule has 0 aliphatic heterocycles. The van der Waals surface area contributed by atoms with E-state index in [1.807, 2.05) is 18.2 Å². The zero-order valence-electron chi connectivity index (χ0n) is 11.3. The second kappa shape index (κ2) is 9.40. The molecule has 0 spiro atoms. The minimum Gasteiger partial charge on any atom is -0.481 e. The van der Waals surface area contributed by atoms with Crippen LogP contribution in [0.2, 0.25) is 0 Å². The zero-order valence-corrected chi connectivity index (χ0v) is 12.9. The van der Waals surface area contributed by atoms with Crippen molar-refractivity contribution in [1.29, 1.82) is 0 Å². The van der Waals surface area contributed by atoms with Crippen LogP contribution in [0.25, 0.3) is 0 Å². The van der Waals surface area contributed by atoms with E-state index < -0.39 is 0 Å². The highest BCUT2D eigenvalue weighted by Crippen LogP contribution is 2.23. The fourth-order valence-electron chi connectivity index (χ4n) is 1.72. The summed E-state index contributed by atoms with van der Waals surface area (Å²) in [4.78, 5) is 10.6. The topological polar surface area (TPSA) is 64.3 Å². The summed E-state index contributed by atoms with van der Waals surface area (Å²) in [6.45, 7) is 1.78. The van der Waals surface area contributed by atoms with Gasteiger partial charge in [0.05, 0.1) is 0 Å². The first-order chi connectivity index (χ1) is 9.63. The summed E-state index contributed by atoms with van der Waals surface area (Å²) in [5.41, 5.74) is 6.13. The number of hydrogen-bond donors (Lipinski definition) is 2. The standard InChI is InChI=1S/C15H19BrN2O2/c1-2-9-20-14-7-6-13(16)10-12(14)11-18-8-4-3-5-15(17)19/h1,6-7,10,18H,3-5,8-9,11H2,(H2,17,19). The van der Waals surface area contributed by atoms with E-state index in [1.165, 1.54) is 0 Å².